The second-order valence-electron chi connectivity index (χ2n) is 8.28. The number of hydrazone groups is 1. The molecule has 5 rings (SSSR count). The molecule has 0 spiro atoms. The molecule has 2 heterocycles. The number of nitrogens with one attached hydrogen (secondary N) is 1. The van der Waals surface area contributed by atoms with E-state index < -0.39 is 0 Å². The molecule has 0 saturated carbocycles. The van der Waals surface area contributed by atoms with Crippen molar-refractivity contribution in [3.05, 3.63) is 97.7 Å². The molecule has 1 aromatic heterocycles. The number of amides is 1. The Morgan fingerprint density at radius 3 is 2.66 bits per heavy atom. The number of H-pyrrole nitrogens is 1. The summed E-state index contributed by atoms with van der Waals surface area (Å²) in [5.41, 5.74) is 3.60. The first-order chi connectivity index (χ1) is 16.9. The number of fused-ring (bicyclic) bond motifs is 1. The van der Waals surface area contributed by atoms with Crippen LogP contribution in [0.1, 0.15) is 30.5 Å². The van der Waals surface area contributed by atoms with E-state index in [1.54, 1.807) is 13.2 Å². The van der Waals surface area contributed by atoms with Crippen LogP contribution < -0.4 is 10.3 Å². The molecule has 8 heteroatoms. The Labute approximate surface area is 215 Å². The number of hydrogen-bond acceptors (Lipinski definition) is 4. The molecular formula is C27H21BrClN3O3. The fourth-order valence-corrected chi connectivity index (χ4v) is 5.14. The number of aromatic nitrogens is 1. The Bertz CT molecular complexity index is 1560. The van der Waals surface area contributed by atoms with E-state index in [-0.39, 0.29) is 17.5 Å². The highest BCUT2D eigenvalue weighted by atomic mass is 79.9. The van der Waals surface area contributed by atoms with Crippen molar-refractivity contribution in [1.29, 1.82) is 0 Å². The van der Waals surface area contributed by atoms with Crippen LogP contribution >= 0.6 is 27.5 Å². The number of benzene rings is 3. The summed E-state index contributed by atoms with van der Waals surface area (Å²) in [5, 5.41) is 7.44. The molecule has 0 radical (unpaired) electrons. The average Bonchev–Trinajstić information content (AvgIpc) is 3.29. The van der Waals surface area contributed by atoms with Gasteiger partial charge in [-0.3, -0.25) is 9.59 Å². The summed E-state index contributed by atoms with van der Waals surface area (Å²) in [6.07, 6.45) is 0.368. The summed E-state index contributed by atoms with van der Waals surface area (Å²) in [5.74, 6) is 0.469. The third kappa shape index (κ3) is 4.26. The molecule has 6 nitrogen and oxygen atoms in total. The summed E-state index contributed by atoms with van der Waals surface area (Å²) in [7, 11) is 1.60. The fourth-order valence-electron chi connectivity index (χ4n) is 4.54. The van der Waals surface area contributed by atoms with Gasteiger partial charge in [0.15, 0.2) is 0 Å². The second kappa shape index (κ2) is 9.32. The highest BCUT2D eigenvalue weighted by Gasteiger charge is 2.34. The minimum Gasteiger partial charge on any atom is -0.497 e. The van der Waals surface area contributed by atoms with E-state index in [0.717, 1.165) is 21.0 Å². The lowest BCUT2D eigenvalue weighted by atomic mass is 9.91. The van der Waals surface area contributed by atoms with E-state index in [1.807, 2.05) is 60.7 Å². The Morgan fingerprint density at radius 2 is 1.91 bits per heavy atom. The van der Waals surface area contributed by atoms with Gasteiger partial charge in [0.25, 0.3) is 5.56 Å². The largest absolute Gasteiger partial charge is 0.497 e. The van der Waals surface area contributed by atoms with E-state index in [9.17, 15) is 9.59 Å². The highest BCUT2D eigenvalue weighted by molar-refractivity contribution is 9.10. The van der Waals surface area contributed by atoms with Crippen molar-refractivity contribution in [3.8, 4) is 16.9 Å². The number of halogens is 2. The minimum absolute atomic E-state index is 0.216. The Kier molecular flexibility index (Phi) is 6.21. The number of carbonyl (C=O) groups excluding carboxylic acids is 1. The molecule has 0 unspecified atom stereocenters. The summed E-state index contributed by atoms with van der Waals surface area (Å²) in [6, 6.07) is 20.3. The maximum Gasteiger partial charge on any atom is 0.258 e. The molecule has 1 amide bonds. The van der Waals surface area contributed by atoms with Crippen molar-refractivity contribution < 1.29 is 9.53 Å². The number of hydrogen-bond donors (Lipinski definition) is 1. The molecule has 35 heavy (non-hydrogen) atoms. The van der Waals surface area contributed by atoms with Gasteiger partial charge in [0.2, 0.25) is 5.91 Å². The molecule has 1 aliphatic rings. The second-order valence-corrected chi connectivity index (χ2v) is 9.60. The zero-order valence-electron chi connectivity index (χ0n) is 19.0. The van der Waals surface area contributed by atoms with Crippen molar-refractivity contribution in [1.82, 2.24) is 9.99 Å². The van der Waals surface area contributed by atoms with Gasteiger partial charge >= 0.3 is 0 Å². The van der Waals surface area contributed by atoms with Crippen molar-refractivity contribution in [3.63, 3.8) is 0 Å². The van der Waals surface area contributed by atoms with Gasteiger partial charge in [-0.2, -0.15) is 5.10 Å². The first-order valence-corrected chi connectivity index (χ1v) is 12.2. The molecule has 176 valence electrons. The Morgan fingerprint density at radius 1 is 1.11 bits per heavy atom. The van der Waals surface area contributed by atoms with Gasteiger partial charge in [0.05, 0.1) is 24.4 Å². The molecule has 3 aromatic carbocycles. The van der Waals surface area contributed by atoms with Gasteiger partial charge in [-0.1, -0.05) is 57.9 Å². The number of aromatic amines is 1. The van der Waals surface area contributed by atoms with Crippen LogP contribution in [0.3, 0.4) is 0 Å². The molecular weight excluding hydrogens is 530 g/mol. The molecule has 0 bridgehead atoms. The van der Waals surface area contributed by atoms with Crippen LogP contribution in [0.25, 0.3) is 22.0 Å². The van der Waals surface area contributed by atoms with Crippen LogP contribution in [0.5, 0.6) is 5.75 Å². The van der Waals surface area contributed by atoms with E-state index in [4.69, 9.17) is 16.3 Å². The van der Waals surface area contributed by atoms with Gasteiger partial charge in [0, 0.05) is 44.9 Å². The number of methoxy groups -OCH3 is 1. The average molecular weight is 551 g/mol. The van der Waals surface area contributed by atoms with E-state index in [0.29, 0.717) is 39.5 Å². The number of nitrogens with zero attached hydrogens (tertiary/aromatic N) is 2. The first-order valence-electron chi connectivity index (χ1n) is 11.0. The zero-order valence-corrected chi connectivity index (χ0v) is 21.4. The molecule has 1 atom stereocenters. The van der Waals surface area contributed by atoms with Gasteiger partial charge in [-0.25, -0.2) is 5.01 Å². The molecule has 0 saturated heterocycles. The predicted molar refractivity (Wildman–Crippen MR) is 142 cm³/mol. The lowest BCUT2D eigenvalue weighted by Crippen LogP contribution is -2.24. The van der Waals surface area contributed by atoms with Gasteiger partial charge in [-0.05, 0) is 42.0 Å². The molecule has 0 fully saturated rings. The van der Waals surface area contributed by atoms with Crippen LogP contribution in [0, 0.1) is 0 Å². The topological polar surface area (TPSA) is 74.8 Å². The van der Waals surface area contributed by atoms with Gasteiger partial charge in [0.1, 0.15) is 5.75 Å². The summed E-state index contributed by atoms with van der Waals surface area (Å²) >= 11 is 10.2. The first kappa shape index (κ1) is 23.3. The van der Waals surface area contributed by atoms with Crippen LogP contribution in [-0.2, 0) is 4.79 Å². The fraction of sp³-hybridized carbons (Fsp3) is 0.148. The number of rotatable bonds is 4. The lowest BCUT2D eigenvalue weighted by Gasteiger charge is -2.20. The van der Waals surface area contributed by atoms with Crippen molar-refractivity contribution >= 4 is 50.1 Å². The van der Waals surface area contributed by atoms with Crippen LogP contribution in [0.4, 0.5) is 0 Å². The van der Waals surface area contributed by atoms with Gasteiger partial charge in [-0.15, -0.1) is 0 Å². The molecule has 4 aromatic rings. The summed E-state index contributed by atoms with van der Waals surface area (Å²) in [4.78, 5) is 29.1. The Hall–Kier alpha value is -3.42. The predicted octanol–water partition coefficient (Wildman–Crippen LogP) is 6.32. The lowest BCUT2D eigenvalue weighted by molar-refractivity contribution is -0.130. The third-order valence-corrected chi connectivity index (χ3v) is 6.94. The number of pyridine rings is 1. The van der Waals surface area contributed by atoms with E-state index in [2.05, 4.69) is 26.0 Å². The van der Waals surface area contributed by atoms with Crippen molar-refractivity contribution in [2.45, 2.75) is 19.4 Å². The highest BCUT2D eigenvalue weighted by Crippen LogP contribution is 2.39. The van der Waals surface area contributed by atoms with E-state index >= 15 is 0 Å². The van der Waals surface area contributed by atoms with Crippen LogP contribution in [0.15, 0.2) is 81.1 Å². The maximum atomic E-state index is 13.5. The van der Waals surface area contributed by atoms with Gasteiger partial charge < -0.3 is 9.72 Å². The monoisotopic (exact) mass is 549 g/mol. The maximum absolute atomic E-state index is 13.5. The SMILES string of the molecule is COc1cccc([C@@H]2CC(c3c(-c4ccccc4Cl)c4cc(Br)ccc4[nH]c3=O)=NN2C(C)=O)c1. The summed E-state index contributed by atoms with van der Waals surface area (Å²) < 4.78 is 6.24. The molecule has 0 aliphatic carbocycles. The summed E-state index contributed by atoms with van der Waals surface area (Å²) in [6.45, 7) is 1.47. The Balaban J connectivity index is 1.75. The quantitative estimate of drug-likeness (QED) is 0.323. The number of carbonyl (C=O) groups is 1. The van der Waals surface area contributed by atoms with Crippen molar-refractivity contribution in [2.75, 3.05) is 7.11 Å². The number of ether oxygens (including phenoxy) is 1. The van der Waals surface area contributed by atoms with Crippen molar-refractivity contribution in [2.24, 2.45) is 5.10 Å². The van der Waals surface area contributed by atoms with Crippen LogP contribution in [0.2, 0.25) is 5.02 Å². The van der Waals surface area contributed by atoms with Crippen LogP contribution in [-0.4, -0.2) is 28.7 Å². The molecule has 1 N–H and O–H groups in total. The third-order valence-electron chi connectivity index (χ3n) is 6.12. The zero-order chi connectivity index (χ0) is 24.7. The standard InChI is InChI=1S/C27H21BrClN3O3/c1-15(33)32-24(16-6-5-7-18(12-16)35-2)14-23(31-32)26-25(19-8-3-4-9-21(19)29)20-13-17(28)10-11-22(20)30-27(26)34/h3-13,24H,14H2,1-2H3,(H,30,34)/t24-/m0/s1. The molecule has 1 aliphatic heterocycles. The smallest absolute Gasteiger partial charge is 0.258 e. The van der Waals surface area contributed by atoms with E-state index in [1.165, 1.54) is 11.9 Å². The normalized spacial score (nSPS) is 15.4. The minimum atomic E-state index is -0.366.